The first-order valence-corrected chi connectivity index (χ1v) is 10.7. The molecule has 158 valence electrons. The van der Waals surface area contributed by atoms with Crippen LogP contribution in [0, 0.1) is 5.92 Å². The zero-order valence-electron chi connectivity index (χ0n) is 16.8. The van der Waals surface area contributed by atoms with Gasteiger partial charge in [0.05, 0.1) is 18.4 Å². The number of anilines is 1. The zero-order chi connectivity index (χ0) is 21.1. The molecule has 8 nitrogen and oxygen atoms in total. The Morgan fingerprint density at radius 1 is 1.33 bits per heavy atom. The van der Waals surface area contributed by atoms with Gasteiger partial charge in [-0.1, -0.05) is 6.92 Å². The monoisotopic (exact) mass is 429 g/mol. The minimum Gasteiger partial charge on any atom is -0.462 e. The molecule has 2 heterocycles. The Hall–Kier alpha value is -3.07. The smallest absolute Gasteiger partial charge is 0.341 e. The fourth-order valence-corrected chi connectivity index (χ4v) is 4.94. The van der Waals surface area contributed by atoms with Crippen molar-refractivity contribution in [2.24, 2.45) is 11.0 Å². The molecular weight excluding hydrogens is 406 g/mol. The number of nitrogens with zero attached hydrogens (tertiary/aromatic N) is 1. The molecule has 9 heteroatoms. The number of urea groups is 1. The van der Waals surface area contributed by atoms with E-state index in [-0.39, 0.29) is 13.4 Å². The van der Waals surface area contributed by atoms with Crippen LogP contribution in [0.25, 0.3) is 0 Å². The Morgan fingerprint density at radius 3 is 3.00 bits per heavy atom. The predicted molar refractivity (Wildman–Crippen MR) is 114 cm³/mol. The van der Waals surface area contributed by atoms with Gasteiger partial charge in [-0.15, -0.1) is 11.3 Å². The van der Waals surface area contributed by atoms with Crippen molar-refractivity contribution in [3.05, 3.63) is 39.8 Å². The van der Waals surface area contributed by atoms with E-state index in [9.17, 15) is 9.59 Å². The quantitative estimate of drug-likeness (QED) is 0.426. The molecule has 0 spiro atoms. The van der Waals surface area contributed by atoms with Gasteiger partial charge in [0.1, 0.15) is 5.00 Å². The van der Waals surface area contributed by atoms with Crippen molar-refractivity contribution in [1.29, 1.82) is 0 Å². The number of amides is 2. The summed E-state index contributed by atoms with van der Waals surface area (Å²) in [5.74, 6) is 1.48. The molecule has 2 amide bonds. The van der Waals surface area contributed by atoms with E-state index < -0.39 is 12.0 Å². The van der Waals surface area contributed by atoms with Gasteiger partial charge in [0.25, 0.3) is 0 Å². The van der Waals surface area contributed by atoms with Gasteiger partial charge in [-0.05, 0) is 61.4 Å². The molecule has 0 saturated carbocycles. The number of esters is 1. The molecule has 0 unspecified atom stereocenters. The third kappa shape index (κ3) is 4.25. The second kappa shape index (κ2) is 8.74. The van der Waals surface area contributed by atoms with E-state index in [0.29, 0.717) is 28.0 Å². The first-order valence-electron chi connectivity index (χ1n) is 9.86. The van der Waals surface area contributed by atoms with Gasteiger partial charge in [0, 0.05) is 4.88 Å². The third-order valence-corrected chi connectivity index (χ3v) is 6.16. The van der Waals surface area contributed by atoms with Crippen LogP contribution in [0.2, 0.25) is 0 Å². The molecule has 2 N–H and O–H groups in total. The first-order chi connectivity index (χ1) is 14.5. The average Bonchev–Trinajstić information content (AvgIpc) is 3.31. The lowest BCUT2D eigenvalue weighted by molar-refractivity contribution is 0.0526. The summed E-state index contributed by atoms with van der Waals surface area (Å²) in [6.45, 7) is 4.44. The molecule has 1 aromatic heterocycles. The summed E-state index contributed by atoms with van der Waals surface area (Å²) in [4.78, 5) is 26.0. The molecule has 4 rings (SSSR count). The van der Waals surface area contributed by atoms with Crippen LogP contribution in [0.1, 0.15) is 46.6 Å². The Morgan fingerprint density at radius 2 is 2.17 bits per heavy atom. The van der Waals surface area contributed by atoms with Crippen LogP contribution in [0.15, 0.2) is 23.3 Å². The summed E-state index contributed by atoms with van der Waals surface area (Å²) in [5, 5.41) is 7.24. The number of ether oxygens (including phenoxy) is 3. The highest BCUT2D eigenvalue weighted by atomic mass is 32.1. The largest absolute Gasteiger partial charge is 0.462 e. The number of carbonyl (C=O) groups is 2. The van der Waals surface area contributed by atoms with Crippen molar-refractivity contribution < 1.29 is 23.8 Å². The van der Waals surface area contributed by atoms with Crippen molar-refractivity contribution in [2.45, 2.75) is 33.1 Å². The fraction of sp³-hybridized carbons (Fsp3) is 0.381. The van der Waals surface area contributed by atoms with Crippen molar-refractivity contribution in [1.82, 2.24) is 5.43 Å². The van der Waals surface area contributed by atoms with Gasteiger partial charge in [-0.25, -0.2) is 15.0 Å². The summed E-state index contributed by atoms with van der Waals surface area (Å²) in [6, 6.07) is 4.85. The van der Waals surface area contributed by atoms with Gasteiger partial charge in [-0.2, -0.15) is 5.10 Å². The average molecular weight is 429 g/mol. The summed E-state index contributed by atoms with van der Waals surface area (Å²) in [5.41, 5.74) is 4.66. The summed E-state index contributed by atoms with van der Waals surface area (Å²) in [7, 11) is 0. The number of hydrogen-bond donors (Lipinski definition) is 2. The lowest BCUT2D eigenvalue weighted by Gasteiger charge is -2.18. The molecule has 0 fully saturated rings. The van der Waals surface area contributed by atoms with Gasteiger partial charge in [-0.3, -0.25) is 5.32 Å². The number of fused-ring (bicyclic) bond motifs is 2. The van der Waals surface area contributed by atoms with Crippen molar-refractivity contribution in [3.63, 3.8) is 0 Å². The SMILES string of the molecule is CCOC(=O)c1c(NC(=O)N/N=C\c2ccc3c(c2)OCO3)sc2c1CC[C@@H](C)C2. The predicted octanol–water partition coefficient (Wildman–Crippen LogP) is 3.93. The van der Waals surface area contributed by atoms with Crippen LogP contribution in [-0.2, 0) is 17.6 Å². The van der Waals surface area contributed by atoms with Crippen LogP contribution < -0.4 is 20.2 Å². The van der Waals surface area contributed by atoms with E-state index in [2.05, 4.69) is 22.8 Å². The standard InChI is InChI=1S/C21H23N3O5S/c1-3-27-20(25)18-14-6-4-12(2)8-17(14)30-19(18)23-21(26)24-22-10-13-5-7-15-16(9-13)29-11-28-15/h5,7,9-10,12H,3-4,6,8,11H2,1-2H3,(H2,23,24,26)/b22-10-/t12-/m1/s1. The summed E-state index contributed by atoms with van der Waals surface area (Å²) < 4.78 is 15.8. The number of rotatable bonds is 5. The lowest BCUT2D eigenvalue weighted by Crippen LogP contribution is -2.25. The van der Waals surface area contributed by atoms with Crippen LogP contribution in [-0.4, -0.2) is 31.6 Å². The Bertz CT molecular complexity index is 1000. The van der Waals surface area contributed by atoms with Gasteiger partial charge in [0.2, 0.25) is 6.79 Å². The maximum Gasteiger partial charge on any atom is 0.341 e. The van der Waals surface area contributed by atoms with Crippen molar-refractivity contribution >= 4 is 34.6 Å². The van der Waals surface area contributed by atoms with E-state index in [4.69, 9.17) is 14.2 Å². The normalized spacial score (nSPS) is 16.9. The summed E-state index contributed by atoms with van der Waals surface area (Å²) in [6.07, 6.45) is 4.24. The zero-order valence-corrected chi connectivity index (χ0v) is 17.6. The highest BCUT2D eigenvalue weighted by Crippen LogP contribution is 2.40. The van der Waals surface area contributed by atoms with E-state index in [1.54, 1.807) is 19.1 Å². The molecule has 30 heavy (non-hydrogen) atoms. The fourth-order valence-electron chi connectivity index (χ4n) is 3.55. The number of thiophene rings is 1. The molecule has 1 aliphatic heterocycles. The number of carbonyl (C=O) groups excluding carboxylic acids is 2. The second-order valence-electron chi connectivity index (χ2n) is 7.21. The van der Waals surface area contributed by atoms with Crippen molar-refractivity contribution in [2.75, 3.05) is 18.7 Å². The molecule has 0 radical (unpaired) electrons. The van der Waals surface area contributed by atoms with E-state index in [1.165, 1.54) is 17.6 Å². The number of hydrogen-bond acceptors (Lipinski definition) is 7. The number of nitrogens with one attached hydrogen (secondary N) is 2. The number of benzene rings is 1. The topological polar surface area (TPSA) is 98.2 Å². The summed E-state index contributed by atoms with van der Waals surface area (Å²) >= 11 is 1.44. The maximum atomic E-state index is 12.5. The molecule has 0 bridgehead atoms. The van der Waals surface area contributed by atoms with E-state index >= 15 is 0 Å². The van der Waals surface area contributed by atoms with Crippen LogP contribution in [0.3, 0.4) is 0 Å². The molecule has 1 aliphatic carbocycles. The minimum atomic E-state index is -0.524. The molecular formula is C21H23N3O5S. The van der Waals surface area contributed by atoms with Crippen LogP contribution >= 0.6 is 11.3 Å². The highest BCUT2D eigenvalue weighted by molar-refractivity contribution is 7.17. The van der Waals surface area contributed by atoms with Crippen molar-refractivity contribution in [3.8, 4) is 11.5 Å². The van der Waals surface area contributed by atoms with Crippen LogP contribution in [0.4, 0.5) is 9.80 Å². The molecule has 2 aromatic rings. The van der Waals surface area contributed by atoms with E-state index in [1.807, 2.05) is 6.07 Å². The lowest BCUT2D eigenvalue weighted by atomic mass is 9.88. The highest BCUT2D eigenvalue weighted by Gasteiger charge is 2.29. The number of hydrazone groups is 1. The molecule has 0 saturated heterocycles. The Balaban J connectivity index is 1.45. The first kappa shape index (κ1) is 20.2. The minimum absolute atomic E-state index is 0.197. The molecule has 2 aliphatic rings. The Labute approximate surface area is 178 Å². The second-order valence-corrected chi connectivity index (χ2v) is 8.32. The van der Waals surface area contributed by atoms with Gasteiger partial charge >= 0.3 is 12.0 Å². The van der Waals surface area contributed by atoms with Gasteiger partial charge < -0.3 is 14.2 Å². The molecule has 1 atom stereocenters. The Kier molecular flexibility index (Phi) is 5.89. The molecule has 1 aromatic carbocycles. The maximum absolute atomic E-state index is 12.5. The van der Waals surface area contributed by atoms with Gasteiger partial charge in [0.15, 0.2) is 11.5 Å². The third-order valence-electron chi connectivity index (χ3n) is 4.99. The van der Waals surface area contributed by atoms with Crippen LogP contribution in [0.5, 0.6) is 11.5 Å². The van der Waals surface area contributed by atoms with E-state index in [0.717, 1.165) is 35.3 Å².